The molecule has 3 rings (SSSR count). The SMILES string of the molecule is CN(C)CCn1nccc1C(=O)Nc1ccc2c(c1)B(O)OC(C)(C)C2. The Morgan fingerprint density at radius 3 is 2.92 bits per heavy atom. The molecule has 1 aliphatic rings. The van der Waals surface area contributed by atoms with Gasteiger partial charge < -0.3 is 19.9 Å². The van der Waals surface area contributed by atoms with Crippen molar-refractivity contribution in [2.75, 3.05) is 26.0 Å². The number of carbonyl (C=O) groups excluding carboxylic acids is 1. The van der Waals surface area contributed by atoms with Gasteiger partial charge in [-0.25, -0.2) is 0 Å². The highest BCUT2D eigenvalue weighted by molar-refractivity contribution is 6.61. The van der Waals surface area contributed by atoms with E-state index in [2.05, 4.69) is 10.4 Å². The van der Waals surface area contributed by atoms with Gasteiger partial charge >= 0.3 is 7.12 Å². The summed E-state index contributed by atoms with van der Waals surface area (Å²) >= 11 is 0. The lowest BCUT2D eigenvalue weighted by molar-refractivity contribution is 0.0820. The summed E-state index contributed by atoms with van der Waals surface area (Å²) in [4.78, 5) is 14.7. The third kappa shape index (κ3) is 4.15. The van der Waals surface area contributed by atoms with E-state index in [-0.39, 0.29) is 5.91 Å². The number of nitrogens with zero attached hydrogens (tertiary/aromatic N) is 3. The Bertz CT molecular complexity index is 803. The minimum absolute atomic E-state index is 0.229. The van der Waals surface area contributed by atoms with Crippen molar-refractivity contribution in [3.8, 4) is 0 Å². The first kappa shape index (κ1) is 18.6. The molecule has 0 fully saturated rings. The molecule has 0 spiro atoms. The summed E-state index contributed by atoms with van der Waals surface area (Å²) in [7, 11) is 2.96. The van der Waals surface area contributed by atoms with Crippen LogP contribution in [0.2, 0.25) is 0 Å². The maximum absolute atomic E-state index is 12.6. The lowest BCUT2D eigenvalue weighted by Gasteiger charge is -2.34. The summed E-state index contributed by atoms with van der Waals surface area (Å²) < 4.78 is 7.32. The number of amides is 1. The zero-order valence-electron chi connectivity index (χ0n) is 15.7. The summed E-state index contributed by atoms with van der Waals surface area (Å²) in [5.74, 6) is -0.229. The maximum Gasteiger partial charge on any atom is 0.491 e. The van der Waals surface area contributed by atoms with Gasteiger partial charge in [0.05, 0.1) is 12.1 Å². The molecule has 0 aliphatic carbocycles. The number of likely N-dealkylation sites (N-methyl/N-ethyl adjacent to an activating group) is 1. The van der Waals surface area contributed by atoms with Gasteiger partial charge in [0.1, 0.15) is 5.69 Å². The van der Waals surface area contributed by atoms with E-state index < -0.39 is 12.7 Å². The van der Waals surface area contributed by atoms with E-state index in [0.29, 0.717) is 29.8 Å². The van der Waals surface area contributed by atoms with Crippen LogP contribution >= 0.6 is 0 Å². The van der Waals surface area contributed by atoms with Gasteiger partial charge in [-0.3, -0.25) is 9.48 Å². The number of benzene rings is 1. The second-order valence-corrected chi connectivity index (χ2v) is 7.52. The van der Waals surface area contributed by atoms with Gasteiger partial charge in [0.25, 0.3) is 5.91 Å². The fourth-order valence-electron chi connectivity index (χ4n) is 3.12. The van der Waals surface area contributed by atoms with Crippen molar-refractivity contribution in [1.82, 2.24) is 14.7 Å². The summed E-state index contributed by atoms with van der Waals surface area (Å²) in [6, 6.07) is 7.25. The number of anilines is 1. The summed E-state index contributed by atoms with van der Waals surface area (Å²) in [5, 5.41) is 17.4. The van der Waals surface area contributed by atoms with E-state index >= 15 is 0 Å². The number of hydrogen-bond acceptors (Lipinski definition) is 5. The van der Waals surface area contributed by atoms with E-state index in [1.54, 1.807) is 23.0 Å². The monoisotopic (exact) mass is 356 g/mol. The van der Waals surface area contributed by atoms with Crippen molar-refractivity contribution in [3.05, 3.63) is 41.7 Å². The highest BCUT2D eigenvalue weighted by Gasteiger charge is 2.35. The zero-order chi connectivity index (χ0) is 18.9. The highest BCUT2D eigenvalue weighted by atomic mass is 16.5. The Morgan fingerprint density at radius 2 is 2.19 bits per heavy atom. The Kier molecular flexibility index (Phi) is 5.18. The summed E-state index contributed by atoms with van der Waals surface area (Å²) in [6.45, 7) is 5.32. The van der Waals surface area contributed by atoms with Gasteiger partial charge in [-0.1, -0.05) is 6.07 Å². The Morgan fingerprint density at radius 1 is 1.42 bits per heavy atom. The standard InChI is InChI=1S/C18H25BN4O3/c1-18(2)12-13-5-6-14(11-15(13)19(25)26-18)21-17(24)16-7-8-20-23(16)10-9-22(3)4/h5-8,11,25H,9-10,12H2,1-4H3,(H,21,24). The molecule has 1 amide bonds. The van der Waals surface area contributed by atoms with Crippen LogP contribution in [0.3, 0.4) is 0 Å². The highest BCUT2D eigenvalue weighted by Crippen LogP contribution is 2.23. The number of aromatic nitrogens is 2. The largest absolute Gasteiger partial charge is 0.491 e. The van der Waals surface area contributed by atoms with E-state index in [4.69, 9.17) is 4.65 Å². The van der Waals surface area contributed by atoms with Gasteiger partial charge in [-0.15, -0.1) is 0 Å². The predicted octanol–water partition coefficient (Wildman–Crippen LogP) is 0.736. The molecule has 0 saturated heterocycles. The number of hydrogen-bond donors (Lipinski definition) is 2. The second kappa shape index (κ2) is 7.22. The molecule has 1 aromatic heterocycles. The molecule has 0 radical (unpaired) electrons. The van der Waals surface area contributed by atoms with Crippen LogP contribution in [0.5, 0.6) is 0 Å². The Hall–Kier alpha value is -2.16. The van der Waals surface area contributed by atoms with Gasteiger partial charge in [0.2, 0.25) is 0 Å². The minimum atomic E-state index is -0.990. The van der Waals surface area contributed by atoms with Crippen LogP contribution in [-0.2, 0) is 17.6 Å². The molecule has 1 aliphatic heterocycles. The van der Waals surface area contributed by atoms with Gasteiger partial charge in [-0.2, -0.15) is 5.10 Å². The number of rotatable bonds is 5. The zero-order valence-corrected chi connectivity index (χ0v) is 15.7. The molecule has 0 saturated carbocycles. The van der Waals surface area contributed by atoms with E-state index in [1.165, 1.54) is 0 Å². The lowest BCUT2D eigenvalue weighted by Crippen LogP contribution is -2.50. The van der Waals surface area contributed by atoms with Crippen LogP contribution in [0.4, 0.5) is 5.69 Å². The van der Waals surface area contributed by atoms with Crippen LogP contribution in [0.25, 0.3) is 0 Å². The van der Waals surface area contributed by atoms with Crippen molar-refractivity contribution < 1.29 is 14.5 Å². The van der Waals surface area contributed by atoms with Crippen molar-refractivity contribution in [1.29, 1.82) is 0 Å². The van der Waals surface area contributed by atoms with Crippen LogP contribution in [-0.4, -0.2) is 59.0 Å². The number of carbonyl (C=O) groups is 1. The maximum atomic E-state index is 12.6. The molecule has 2 N–H and O–H groups in total. The molecular weight excluding hydrogens is 331 g/mol. The van der Waals surface area contributed by atoms with Crippen molar-refractivity contribution in [2.24, 2.45) is 0 Å². The molecule has 0 atom stereocenters. The van der Waals surface area contributed by atoms with Crippen molar-refractivity contribution in [3.63, 3.8) is 0 Å². The third-order valence-electron chi connectivity index (χ3n) is 4.42. The molecule has 0 unspecified atom stereocenters. The van der Waals surface area contributed by atoms with Crippen LogP contribution in [0.15, 0.2) is 30.5 Å². The predicted molar refractivity (Wildman–Crippen MR) is 102 cm³/mol. The minimum Gasteiger partial charge on any atom is -0.423 e. The molecule has 0 bridgehead atoms. The Balaban J connectivity index is 1.75. The molecule has 26 heavy (non-hydrogen) atoms. The molecule has 7 nitrogen and oxygen atoms in total. The third-order valence-corrected chi connectivity index (χ3v) is 4.42. The summed E-state index contributed by atoms with van der Waals surface area (Å²) in [6.07, 6.45) is 2.34. The first-order chi connectivity index (χ1) is 12.2. The smallest absolute Gasteiger partial charge is 0.423 e. The van der Waals surface area contributed by atoms with Gasteiger partial charge in [-0.05, 0) is 63.6 Å². The van der Waals surface area contributed by atoms with Gasteiger partial charge in [0, 0.05) is 18.4 Å². The van der Waals surface area contributed by atoms with E-state index in [9.17, 15) is 9.82 Å². The van der Waals surface area contributed by atoms with Crippen LogP contribution < -0.4 is 10.8 Å². The van der Waals surface area contributed by atoms with Crippen molar-refractivity contribution in [2.45, 2.75) is 32.4 Å². The van der Waals surface area contributed by atoms with E-state index in [1.807, 2.05) is 45.0 Å². The molecule has 2 heterocycles. The van der Waals surface area contributed by atoms with Crippen LogP contribution in [0.1, 0.15) is 29.9 Å². The lowest BCUT2D eigenvalue weighted by atomic mass is 9.70. The number of nitrogens with one attached hydrogen (secondary N) is 1. The fourth-order valence-corrected chi connectivity index (χ4v) is 3.12. The quantitative estimate of drug-likeness (QED) is 0.773. The van der Waals surface area contributed by atoms with Gasteiger partial charge in [0.15, 0.2) is 0 Å². The Labute approximate surface area is 154 Å². The first-order valence-corrected chi connectivity index (χ1v) is 8.72. The average Bonchev–Trinajstić information content (AvgIpc) is 3.01. The first-order valence-electron chi connectivity index (χ1n) is 8.72. The molecule has 1 aromatic carbocycles. The molecule has 138 valence electrons. The average molecular weight is 356 g/mol. The fraction of sp³-hybridized carbons (Fsp3) is 0.444. The topological polar surface area (TPSA) is 79.6 Å². The number of fused-ring (bicyclic) bond motifs is 1. The molecule has 8 heteroatoms. The summed E-state index contributed by atoms with van der Waals surface area (Å²) in [5.41, 5.74) is 2.45. The van der Waals surface area contributed by atoms with Crippen LogP contribution in [0, 0.1) is 0 Å². The molecule has 2 aromatic rings. The van der Waals surface area contributed by atoms with E-state index in [0.717, 1.165) is 12.1 Å². The van der Waals surface area contributed by atoms with Crippen molar-refractivity contribution >= 4 is 24.2 Å². The molecular formula is C18H25BN4O3. The second-order valence-electron chi connectivity index (χ2n) is 7.52. The normalized spacial score (nSPS) is 15.8.